The number of aryl methyl sites for hydroxylation is 1. The maximum absolute atomic E-state index is 5.60. The van der Waals surface area contributed by atoms with E-state index in [1.54, 1.807) is 4.68 Å². The van der Waals surface area contributed by atoms with Crippen molar-refractivity contribution in [2.75, 3.05) is 13.2 Å². The molecule has 0 bridgehead atoms. The van der Waals surface area contributed by atoms with E-state index in [2.05, 4.69) is 34.7 Å². The average Bonchev–Trinajstić information content (AvgIpc) is 2.89. The minimum Gasteiger partial charge on any atom is -0.494 e. The summed E-state index contributed by atoms with van der Waals surface area (Å²) in [7, 11) is 1.89. The molecule has 0 fully saturated rings. The number of nitrogens with one attached hydrogen (secondary N) is 1. The fourth-order valence-electron chi connectivity index (χ4n) is 2.31. The molecule has 0 aliphatic rings. The van der Waals surface area contributed by atoms with Gasteiger partial charge in [-0.25, -0.2) is 0 Å². The molecule has 2 aromatic rings. The number of nitrogens with zero attached hydrogens (tertiary/aromatic N) is 3. The van der Waals surface area contributed by atoms with Crippen molar-refractivity contribution in [3.05, 3.63) is 41.7 Å². The summed E-state index contributed by atoms with van der Waals surface area (Å²) in [5.74, 6) is 0.914. The van der Waals surface area contributed by atoms with Gasteiger partial charge in [0.25, 0.3) is 0 Å². The van der Waals surface area contributed by atoms with Crippen LogP contribution in [0.5, 0.6) is 5.75 Å². The first-order chi connectivity index (χ1) is 10.2. The molecule has 1 aromatic carbocycles. The van der Waals surface area contributed by atoms with Crippen molar-refractivity contribution in [1.29, 1.82) is 0 Å². The molecule has 5 nitrogen and oxygen atoms in total. The minimum atomic E-state index is 0.224. The van der Waals surface area contributed by atoms with Gasteiger partial charge in [0.15, 0.2) is 0 Å². The zero-order valence-corrected chi connectivity index (χ0v) is 13.0. The van der Waals surface area contributed by atoms with E-state index in [-0.39, 0.29) is 6.04 Å². The summed E-state index contributed by atoms with van der Waals surface area (Å²) in [6.45, 7) is 5.83. The zero-order chi connectivity index (χ0) is 15.1. The fourth-order valence-corrected chi connectivity index (χ4v) is 2.31. The maximum atomic E-state index is 5.60. The Kier molecular flexibility index (Phi) is 5.75. The van der Waals surface area contributed by atoms with E-state index in [0.717, 1.165) is 30.8 Å². The standard InChI is InChI=1S/C16H24N4O/c1-4-9-17-16(11-14-12-20(3)19-18-14)13-7-6-8-15(10-13)21-5-2/h6-8,10,12,16-17H,4-5,9,11H2,1-3H3. The molecular formula is C16H24N4O. The first kappa shape index (κ1) is 15.5. The van der Waals surface area contributed by atoms with E-state index in [1.165, 1.54) is 5.56 Å². The summed E-state index contributed by atoms with van der Waals surface area (Å²) in [5, 5.41) is 11.8. The van der Waals surface area contributed by atoms with Crippen LogP contribution < -0.4 is 10.1 Å². The number of hydrogen-bond donors (Lipinski definition) is 1. The Hall–Kier alpha value is -1.88. The van der Waals surface area contributed by atoms with Gasteiger partial charge in [-0.1, -0.05) is 24.3 Å². The Bertz CT molecular complexity index is 553. The van der Waals surface area contributed by atoms with E-state index < -0.39 is 0 Å². The van der Waals surface area contributed by atoms with Crippen molar-refractivity contribution >= 4 is 0 Å². The normalized spacial score (nSPS) is 12.3. The first-order valence-corrected chi connectivity index (χ1v) is 7.54. The third kappa shape index (κ3) is 4.56. The highest BCUT2D eigenvalue weighted by molar-refractivity contribution is 5.31. The van der Waals surface area contributed by atoms with Crippen LogP contribution in [0.2, 0.25) is 0 Å². The molecule has 1 N–H and O–H groups in total. The third-order valence-corrected chi connectivity index (χ3v) is 3.28. The van der Waals surface area contributed by atoms with Gasteiger partial charge in [0.1, 0.15) is 5.75 Å². The van der Waals surface area contributed by atoms with Crippen LogP contribution in [0.25, 0.3) is 0 Å². The highest BCUT2D eigenvalue weighted by atomic mass is 16.5. The molecule has 0 saturated carbocycles. The molecule has 114 valence electrons. The molecule has 2 rings (SSSR count). The Morgan fingerprint density at radius 3 is 2.86 bits per heavy atom. The van der Waals surface area contributed by atoms with Crippen molar-refractivity contribution in [3.63, 3.8) is 0 Å². The van der Waals surface area contributed by atoms with Crippen LogP contribution >= 0.6 is 0 Å². The smallest absolute Gasteiger partial charge is 0.119 e. The van der Waals surface area contributed by atoms with Crippen LogP contribution in [0.3, 0.4) is 0 Å². The first-order valence-electron chi connectivity index (χ1n) is 7.54. The molecule has 1 atom stereocenters. The van der Waals surface area contributed by atoms with Crippen LogP contribution in [0, 0.1) is 0 Å². The number of aromatic nitrogens is 3. The molecule has 0 spiro atoms. The van der Waals surface area contributed by atoms with Crippen molar-refractivity contribution in [2.45, 2.75) is 32.7 Å². The van der Waals surface area contributed by atoms with Gasteiger partial charge in [-0.15, -0.1) is 5.10 Å². The van der Waals surface area contributed by atoms with Crippen LogP contribution in [0.1, 0.15) is 37.6 Å². The Morgan fingerprint density at radius 1 is 1.33 bits per heavy atom. The number of benzene rings is 1. The predicted molar refractivity (Wildman–Crippen MR) is 83.4 cm³/mol. The van der Waals surface area contributed by atoms with Crippen molar-refractivity contribution in [3.8, 4) is 5.75 Å². The van der Waals surface area contributed by atoms with Crippen LogP contribution in [0.15, 0.2) is 30.5 Å². The van der Waals surface area contributed by atoms with Gasteiger partial charge in [0.05, 0.1) is 12.3 Å². The lowest BCUT2D eigenvalue weighted by atomic mass is 10.0. The van der Waals surface area contributed by atoms with Gasteiger partial charge in [-0.2, -0.15) is 0 Å². The molecule has 1 unspecified atom stereocenters. The monoisotopic (exact) mass is 288 g/mol. The summed E-state index contributed by atoms with van der Waals surface area (Å²) in [6, 6.07) is 8.49. The lowest BCUT2D eigenvalue weighted by Crippen LogP contribution is -2.24. The summed E-state index contributed by atoms with van der Waals surface area (Å²) in [4.78, 5) is 0. The highest BCUT2D eigenvalue weighted by Crippen LogP contribution is 2.22. The molecule has 1 heterocycles. The molecule has 0 aliphatic carbocycles. The van der Waals surface area contributed by atoms with Crippen molar-refractivity contribution in [2.24, 2.45) is 7.05 Å². The molecular weight excluding hydrogens is 264 g/mol. The quantitative estimate of drug-likeness (QED) is 0.811. The molecule has 5 heteroatoms. The van der Waals surface area contributed by atoms with Gasteiger partial charge in [0.2, 0.25) is 0 Å². The second-order valence-electron chi connectivity index (χ2n) is 5.10. The SMILES string of the molecule is CCCNC(Cc1cn(C)nn1)c1cccc(OCC)c1. The highest BCUT2D eigenvalue weighted by Gasteiger charge is 2.14. The topological polar surface area (TPSA) is 52.0 Å². The summed E-state index contributed by atoms with van der Waals surface area (Å²) in [5.41, 5.74) is 2.22. The molecule has 1 aromatic heterocycles. The minimum absolute atomic E-state index is 0.224. The molecule has 0 radical (unpaired) electrons. The summed E-state index contributed by atoms with van der Waals surface area (Å²) >= 11 is 0. The summed E-state index contributed by atoms with van der Waals surface area (Å²) in [6.07, 6.45) is 3.89. The third-order valence-electron chi connectivity index (χ3n) is 3.28. The van der Waals surface area contributed by atoms with Gasteiger partial charge in [-0.05, 0) is 37.6 Å². The lowest BCUT2D eigenvalue weighted by molar-refractivity contribution is 0.339. The number of rotatable bonds is 8. The lowest BCUT2D eigenvalue weighted by Gasteiger charge is -2.18. The number of hydrogen-bond acceptors (Lipinski definition) is 4. The van der Waals surface area contributed by atoms with Crippen LogP contribution in [0.4, 0.5) is 0 Å². The molecule has 0 aliphatic heterocycles. The largest absolute Gasteiger partial charge is 0.494 e. The van der Waals surface area contributed by atoms with E-state index in [0.29, 0.717) is 6.61 Å². The van der Waals surface area contributed by atoms with E-state index in [1.807, 2.05) is 32.3 Å². The van der Waals surface area contributed by atoms with Crippen LogP contribution in [-0.4, -0.2) is 28.1 Å². The Labute approximate surface area is 126 Å². The van der Waals surface area contributed by atoms with Gasteiger partial charge < -0.3 is 10.1 Å². The fraction of sp³-hybridized carbons (Fsp3) is 0.500. The zero-order valence-electron chi connectivity index (χ0n) is 13.0. The van der Waals surface area contributed by atoms with Gasteiger partial charge in [0, 0.05) is 25.7 Å². The van der Waals surface area contributed by atoms with Crippen molar-refractivity contribution < 1.29 is 4.74 Å². The maximum Gasteiger partial charge on any atom is 0.119 e. The Morgan fingerprint density at radius 2 is 2.19 bits per heavy atom. The molecule has 0 amide bonds. The second kappa shape index (κ2) is 7.78. The van der Waals surface area contributed by atoms with Gasteiger partial charge in [-0.3, -0.25) is 4.68 Å². The van der Waals surface area contributed by atoms with E-state index >= 15 is 0 Å². The average molecular weight is 288 g/mol. The predicted octanol–water partition coefficient (Wildman–Crippen LogP) is 2.50. The number of ether oxygens (including phenoxy) is 1. The molecule has 21 heavy (non-hydrogen) atoms. The van der Waals surface area contributed by atoms with E-state index in [9.17, 15) is 0 Å². The van der Waals surface area contributed by atoms with E-state index in [4.69, 9.17) is 4.74 Å². The second-order valence-corrected chi connectivity index (χ2v) is 5.10. The van der Waals surface area contributed by atoms with Crippen molar-refractivity contribution in [1.82, 2.24) is 20.3 Å². The van der Waals surface area contributed by atoms with Gasteiger partial charge >= 0.3 is 0 Å². The molecule has 0 saturated heterocycles. The summed E-state index contributed by atoms with van der Waals surface area (Å²) < 4.78 is 7.33. The van der Waals surface area contributed by atoms with Crippen LogP contribution in [-0.2, 0) is 13.5 Å². The Balaban J connectivity index is 2.16.